The standard InChI is InChI=1S/C23H23N5O2S3/c1-12-7-8-14-17(9-12)33-22(19(14)20(24)30)25-18(29)11-32-23-27-26-21(28(23)2)15-10-31-16-6-4-3-5-13(15)16/h3-6,10,12H,7-9,11H2,1-2H3,(H2,24,30)(H,25,29). The number of hydrogen-bond donors (Lipinski definition) is 2. The number of anilines is 1. The van der Waals surface area contributed by atoms with Crippen LogP contribution in [0.4, 0.5) is 5.00 Å². The first-order valence-corrected chi connectivity index (χ1v) is 13.3. The molecular formula is C23H23N5O2S3. The van der Waals surface area contributed by atoms with Crippen LogP contribution in [0.3, 0.4) is 0 Å². The summed E-state index contributed by atoms with van der Waals surface area (Å²) in [5.74, 6) is 0.826. The molecule has 1 aliphatic carbocycles. The Balaban J connectivity index is 1.30. The van der Waals surface area contributed by atoms with E-state index in [1.165, 1.54) is 27.8 Å². The zero-order valence-electron chi connectivity index (χ0n) is 18.3. The highest BCUT2D eigenvalue weighted by atomic mass is 32.2. The van der Waals surface area contributed by atoms with E-state index in [4.69, 9.17) is 5.73 Å². The molecule has 2 amide bonds. The SMILES string of the molecule is CC1CCc2c(sc(NC(=O)CSc3nnc(-c4csc5ccccc45)n3C)c2C(N)=O)C1. The molecule has 3 N–H and O–H groups in total. The number of benzene rings is 1. The van der Waals surface area contributed by atoms with Crippen molar-refractivity contribution >= 4 is 61.3 Å². The minimum atomic E-state index is -0.481. The third-order valence-corrected chi connectivity index (χ3v) is 9.05. The van der Waals surface area contributed by atoms with E-state index in [-0.39, 0.29) is 11.7 Å². The number of nitrogens with two attached hydrogens (primary N) is 1. The highest BCUT2D eigenvalue weighted by molar-refractivity contribution is 7.99. The number of carbonyl (C=O) groups is 2. The minimum absolute atomic E-state index is 0.160. The van der Waals surface area contributed by atoms with E-state index in [9.17, 15) is 9.59 Å². The summed E-state index contributed by atoms with van der Waals surface area (Å²) >= 11 is 4.47. The van der Waals surface area contributed by atoms with Crippen LogP contribution in [0.25, 0.3) is 21.5 Å². The van der Waals surface area contributed by atoms with Crippen molar-refractivity contribution in [2.24, 2.45) is 18.7 Å². The van der Waals surface area contributed by atoms with Gasteiger partial charge in [-0.2, -0.15) is 0 Å². The van der Waals surface area contributed by atoms with E-state index in [0.29, 0.717) is 21.6 Å². The number of thioether (sulfide) groups is 1. The first-order chi connectivity index (χ1) is 15.9. The fraction of sp³-hybridized carbons (Fsp3) is 0.304. The molecule has 0 spiro atoms. The molecule has 1 aromatic carbocycles. The molecule has 1 unspecified atom stereocenters. The van der Waals surface area contributed by atoms with Crippen molar-refractivity contribution in [3.63, 3.8) is 0 Å². The Morgan fingerprint density at radius 3 is 2.94 bits per heavy atom. The van der Waals surface area contributed by atoms with Crippen molar-refractivity contribution in [2.45, 2.75) is 31.3 Å². The molecule has 10 heteroatoms. The zero-order valence-corrected chi connectivity index (χ0v) is 20.7. The highest BCUT2D eigenvalue weighted by Gasteiger charge is 2.27. The number of hydrogen-bond acceptors (Lipinski definition) is 7. The molecule has 0 radical (unpaired) electrons. The minimum Gasteiger partial charge on any atom is -0.365 e. The highest BCUT2D eigenvalue weighted by Crippen LogP contribution is 2.39. The van der Waals surface area contributed by atoms with E-state index in [1.54, 1.807) is 11.3 Å². The quantitative estimate of drug-likeness (QED) is 0.376. The van der Waals surface area contributed by atoms with E-state index < -0.39 is 5.91 Å². The second-order valence-electron chi connectivity index (χ2n) is 8.27. The predicted molar refractivity (Wildman–Crippen MR) is 135 cm³/mol. The van der Waals surface area contributed by atoms with Crippen molar-refractivity contribution < 1.29 is 9.59 Å². The van der Waals surface area contributed by atoms with Crippen molar-refractivity contribution in [3.05, 3.63) is 45.6 Å². The molecule has 1 atom stereocenters. The number of nitrogens with zero attached hydrogens (tertiary/aromatic N) is 3. The van der Waals surface area contributed by atoms with Gasteiger partial charge in [0.25, 0.3) is 5.91 Å². The van der Waals surface area contributed by atoms with Gasteiger partial charge in [0, 0.05) is 33.0 Å². The third-order valence-electron chi connectivity index (χ3n) is 5.90. The van der Waals surface area contributed by atoms with Crippen LogP contribution in [0.2, 0.25) is 0 Å². The second kappa shape index (κ2) is 8.92. The van der Waals surface area contributed by atoms with Gasteiger partial charge < -0.3 is 15.6 Å². The summed E-state index contributed by atoms with van der Waals surface area (Å²) in [5.41, 5.74) is 8.18. The average Bonchev–Trinajstić information content (AvgIpc) is 3.46. The Morgan fingerprint density at radius 2 is 2.12 bits per heavy atom. The van der Waals surface area contributed by atoms with Crippen LogP contribution < -0.4 is 11.1 Å². The molecule has 0 aliphatic heterocycles. The number of nitrogens with one attached hydrogen (secondary N) is 1. The molecule has 170 valence electrons. The Morgan fingerprint density at radius 1 is 1.30 bits per heavy atom. The van der Waals surface area contributed by atoms with Gasteiger partial charge in [-0.3, -0.25) is 9.59 Å². The summed E-state index contributed by atoms with van der Waals surface area (Å²) in [4.78, 5) is 26.0. The Labute approximate surface area is 203 Å². The molecule has 3 heterocycles. The lowest BCUT2D eigenvalue weighted by Gasteiger charge is -2.18. The fourth-order valence-electron chi connectivity index (χ4n) is 4.22. The topological polar surface area (TPSA) is 103 Å². The zero-order chi connectivity index (χ0) is 23.1. The summed E-state index contributed by atoms with van der Waals surface area (Å²) in [6.07, 6.45) is 2.78. The van der Waals surface area contributed by atoms with Gasteiger partial charge in [-0.1, -0.05) is 36.9 Å². The van der Waals surface area contributed by atoms with Crippen LogP contribution in [0.1, 0.15) is 34.1 Å². The van der Waals surface area contributed by atoms with E-state index in [2.05, 4.69) is 40.0 Å². The van der Waals surface area contributed by atoms with Crippen molar-refractivity contribution in [1.29, 1.82) is 0 Å². The molecule has 0 bridgehead atoms. The smallest absolute Gasteiger partial charge is 0.251 e. The molecule has 0 fully saturated rings. The number of carbonyl (C=O) groups excluding carboxylic acids is 2. The molecule has 3 aromatic heterocycles. The summed E-state index contributed by atoms with van der Waals surface area (Å²) in [6.45, 7) is 2.20. The van der Waals surface area contributed by atoms with Crippen molar-refractivity contribution in [1.82, 2.24) is 14.8 Å². The van der Waals surface area contributed by atoms with Gasteiger partial charge in [0.1, 0.15) is 5.00 Å². The van der Waals surface area contributed by atoms with Crippen LogP contribution >= 0.6 is 34.4 Å². The molecule has 1 aliphatic rings. The van der Waals surface area contributed by atoms with Crippen LogP contribution in [-0.2, 0) is 24.7 Å². The lowest BCUT2D eigenvalue weighted by molar-refractivity contribution is -0.113. The number of primary amides is 1. The Kier molecular flexibility index (Phi) is 5.98. The lowest BCUT2D eigenvalue weighted by Crippen LogP contribution is -2.20. The monoisotopic (exact) mass is 497 g/mol. The third kappa shape index (κ3) is 4.18. The van der Waals surface area contributed by atoms with E-state index >= 15 is 0 Å². The number of fused-ring (bicyclic) bond motifs is 2. The maximum absolute atomic E-state index is 12.7. The maximum Gasteiger partial charge on any atom is 0.251 e. The fourth-order valence-corrected chi connectivity index (χ4v) is 7.30. The van der Waals surface area contributed by atoms with Crippen LogP contribution in [0.15, 0.2) is 34.8 Å². The molecule has 7 nitrogen and oxygen atoms in total. The number of aromatic nitrogens is 3. The van der Waals surface area contributed by atoms with Crippen LogP contribution in [-0.4, -0.2) is 32.3 Å². The van der Waals surface area contributed by atoms with Crippen LogP contribution in [0.5, 0.6) is 0 Å². The predicted octanol–water partition coefficient (Wildman–Crippen LogP) is 4.71. The van der Waals surface area contributed by atoms with E-state index in [1.807, 2.05) is 23.7 Å². The molecule has 0 saturated heterocycles. The Bertz CT molecular complexity index is 1370. The Hall–Kier alpha value is -2.69. The lowest BCUT2D eigenvalue weighted by atomic mass is 9.88. The summed E-state index contributed by atoms with van der Waals surface area (Å²) in [6, 6.07) is 8.20. The van der Waals surface area contributed by atoms with Gasteiger partial charge in [-0.05, 0) is 36.8 Å². The summed E-state index contributed by atoms with van der Waals surface area (Å²) in [5, 5.41) is 16.0. The van der Waals surface area contributed by atoms with Crippen molar-refractivity contribution in [2.75, 3.05) is 11.1 Å². The maximum atomic E-state index is 12.7. The second-order valence-corrected chi connectivity index (χ2v) is 11.2. The first-order valence-electron chi connectivity index (χ1n) is 10.6. The molecule has 0 saturated carbocycles. The number of amides is 2. The number of rotatable bonds is 6. The van der Waals surface area contributed by atoms with Gasteiger partial charge in [0.2, 0.25) is 5.91 Å². The van der Waals surface area contributed by atoms with Gasteiger partial charge in [0.05, 0.1) is 11.3 Å². The average molecular weight is 498 g/mol. The largest absolute Gasteiger partial charge is 0.365 e. The molecule has 5 rings (SSSR count). The van der Waals surface area contributed by atoms with Crippen molar-refractivity contribution in [3.8, 4) is 11.4 Å². The van der Waals surface area contributed by atoms with Crippen LogP contribution in [0, 0.1) is 5.92 Å². The molecule has 4 aromatic rings. The van der Waals surface area contributed by atoms with Gasteiger partial charge in [-0.15, -0.1) is 32.9 Å². The first kappa shape index (κ1) is 22.1. The van der Waals surface area contributed by atoms with Gasteiger partial charge in [0.15, 0.2) is 11.0 Å². The molecule has 33 heavy (non-hydrogen) atoms. The molecular weight excluding hydrogens is 474 g/mol. The summed E-state index contributed by atoms with van der Waals surface area (Å²) < 4.78 is 3.11. The summed E-state index contributed by atoms with van der Waals surface area (Å²) in [7, 11) is 1.90. The van der Waals surface area contributed by atoms with Gasteiger partial charge in [-0.25, -0.2) is 0 Å². The van der Waals surface area contributed by atoms with E-state index in [0.717, 1.165) is 46.5 Å². The van der Waals surface area contributed by atoms with Gasteiger partial charge >= 0.3 is 0 Å². The normalized spacial score (nSPS) is 15.5. The number of thiophene rings is 2.